The second-order valence-corrected chi connectivity index (χ2v) is 12.2. The topological polar surface area (TPSA) is 60.7 Å². The quantitative estimate of drug-likeness (QED) is 0.0815. The zero-order valence-corrected chi connectivity index (χ0v) is 25.6. The van der Waals surface area contributed by atoms with E-state index in [-0.39, 0.29) is 13.0 Å². The van der Waals surface area contributed by atoms with Crippen molar-refractivity contribution in [1.29, 1.82) is 0 Å². The largest absolute Gasteiger partial charge is 0.396 e. The van der Waals surface area contributed by atoms with Crippen LogP contribution in [0.15, 0.2) is 0 Å². The van der Waals surface area contributed by atoms with Gasteiger partial charge in [-0.05, 0) is 26.2 Å². The van der Waals surface area contributed by atoms with E-state index in [1.165, 1.54) is 96.3 Å². The minimum absolute atomic E-state index is 0.0493. The summed E-state index contributed by atoms with van der Waals surface area (Å²) >= 11 is 0. The number of halogens is 2. The van der Waals surface area contributed by atoms with Gasteiger partial charge in [-0.3, -0.25) is 0 Å². The molecule has 3 N–H and O–H groups in total. The van der Waals surface area contributed by atoms with Gasteiger partial charge in [-0.15, -0.1) is 0 Å². The highest BCUT2D eigenvalue weighted by molar-refractivity contribution is 4.82. The lowest BCUT2D eigenvalue weighted by atomic mass is 9.82. The average Bonchev–Trinajstić information content (AvgIpc) is 2.88. The third-order valence-corrected chi connectivity index (χ3v) is 8.43. The molecule has 0 aliphatic rings. The standard InChI is InChI=1S/C33H66F2O3/c1-4-6-8-10-12-14-15-16-18-20-22-24-26-31(37)32(38)29(28-36)27-30(33(3,34)35)25-23-21-19-17-13-11-9-7-5-2/h29-32,36-38H,4-28H2,1-3H3/t29-,30+,31+,32-/m0/s1. The zero-order chi connectivity index (χ0) is 28.5. The minimum Gasteiger partial charge on any atom is -0.396 e. The van der Waals surface area contributed by atoms with E-state index < -0.39 is 30.0 Å². The molecule has 0 saturated carbocycles. The van der Waals surface area contributed by atoms with E-state index in [0.717, 1.165) is 45.4 Å². The number of unbranched alkanes of at least 4 members (excludes halogenated alkanes) is 19. The number of hydrogen-bond donors (Lipinski definition) is 3. The van der Waals surface area contributed by atoms with Crippen molar-refractivity contribution >= 4 is 0 Å². The van der Waals surface area contributed by atoms with E-state index in [4.69, 9.17) is 0 Å². The van der Waals surface area contributed by atoms with Crippen LogP contribution in [0.3, 0.4) is 0 Å². The SMILES string of the molecule is CCCCCCCCCCCCCC[C@@H](O)[C@@H](O)[C@H](CO)C[C@@H](CCCCCCCCCCC)C(C)(F)F. The smallest absolute Gasteiger partial charge is 0.248 e. The monoisotopic (exact) mass is 548 g/mol. The minimum atomic E-state index is -2.85. The Kier molecular flexibility index (Phi) is 25.5. The van der Waals surface area contributed by atoms with Crippen LogP contribution in [0, 0.1) is 11.8 Å². The van der Waals surface area contributed by atoms with Gasteiger partial charge in [0.25, 0.3) is 0 Å². The van der Waals surface area contributed by atoms with Gasteiger partial charge in [0.2, 0.25) is 5.92 Å². The third-order valence-electron chi connectivity index (χ3n) is 8.43. The number of aliphatic hydroxyl groups is 3. The highest BCUT2D eigenvalue weighted by Gasteiger charge is 2.37. The highest BCUT2D eigenvalue weighted by atomic mass is 19.3. The van der Waals surface area contributed by atoms with Gasteiger partial charge < -0.3 is 15.3 Å². The maximum Gasteiger partial charge on any atom is 0.248 e. The van der Waals surface area contributed by atoms with Gasteiger partial charge in [-0.1, -0.05) is 149 Å². The first kappa shape index (κ1) is 37.7. The Hall–Kier alpha value is -0.260. The lowest BCUT2D eigenvalue weighted by Crippen LogP contribution is -2.39. The predicted molar refractivity (Wildman–Crippen MR) is 159 cm³/mol. The Labute approximate surface area is 235 Å². The first-order valence-corrected chi connectivity index (χ1v) is 16.6. The van der Waals surface area contributed by atoms with E-state index in [1.807, 2.05) is 0 Å². The lowest BCUT2D eigenvalue weighted by molar-refractivity contribution is -0.0831. The summed E-state index contributed by atoms with van der Waals surface area (Å²) in [6.07, 6.45) is 23.8. The van der Waals surface area contributed by atoms with Crippen LogP contribution in [0.1, 0.15) is 175 Å². The Bertz CT molecular complexity index is 483. The molecule has 0 fully saturated rings. The molecular formula is C33H66F2O3. The molecule has 0 unspecified atom stereocenters. The molecule has 0 bridgehead atoms. The predicted octanol–water partition coefficient (Wildman–Crippen LogP) is 9.99. The van der Waals surface area contributed by atoms with E-state index in [0.29, 0.717) is 12.8 Å². The third kappa shape index (κ3) is 21.5. The number of aliphatic hydroxyl groups excluding tert-OH is 3. The zero-order valence-electron chi connectivity index (χ0n) is 25.6. The fourth-order valence-electron chi connectivity index (χ4n) is 5.65. The molecule has 0 aliphatic heterocycles. The molecule has 0 aromatic carbocycles. The molecule has 0 spiro atoms. The maximum atomic E-state index is 14.3. The van der Waals surface area contributed by atoms with Crippen LogP contribution in [0.2, 0.25) is 0 Å². The van der Waals surface area contributed by atoms with Crippen LogP contribution in [0.25, 0.3) is 0 Å². The molecule has 0 aromatic heterocycles. The van der Waals surface area contributed by atoms with Crippen molar-refractivity contribution in [2.75, 3.05) is 6.61 Å². The molecule has 5 heteroatoms. The van der Waals surface area contributed by atoms with Gasteiger partial charge >= 0.3 is 0 Å². The van der Waals surface area contributed by atoms with Gasteiger partial charge in [0.15, 0.2) is 0 Å². The molecule has 0 radical (unpaired) electrons. The summed E-state index contributed by atoms with van der Waals surface area (Å²) in [5.74, 6) is -4.44. The van der Waals surface area contributed by atoms with Crippen LogP contribution in [0.5, 0.6) is 0 Å². The second-order valence-electron chi connectivity index (χ2n) is 12.2. The lowest BCUT2D eigenvalue weighted by Gasteiger charge is -2.31. The molecular weight excluding hydrogens is 482 g/mol. The van der Waals surface area contributed by atoms with Crippen molar-refractivity contribution in [3.05, 3.63) is 0 Å². The van der Waals surface area contributed by atoms with Gasteiger partial charge in [0.05, 0.1) is 12.2 Å². The molecule has 3 nitrogen and oxygen atoms in total. The summed E-state index contributed by atoms with van der Waals surface area (Å²) in [7, 11) is 0. The van der Waals surface area contributed by atoms with Gasteiger partial charge in [0, 0.05) is 18.4 Å². The molecule has 0 amide bonds. The number of alkyl halides is 2. The first-order valence-electron chi connectivity index (χ1n) is 16.6. The Morgan fingerprint density at radius 3 is 1.24 bits per heavy atom. The van der Waals surface area contributed by atoms with Crippen molar-refractivity contribution in [3.8, 4) is 0 Å². The molecule has 0 rings (SSSR count). The Morgan fingerprint density at radius 1 is 0.553 bits per heavy atom. The average molecular weight is 549 g/mol. The number of rotatable bonds is 29. The van der Waals surface area contributed by atoms with E-state index in [9.17, 15) is 24.1 Å². The van der Waals surface area contributed by atoms with Crippen molar-refractivity contribution < 1.29 is 24.1 Å². The van der Waals surface area contributed by atoms with Gasteiger partial charge in [0.1, 0.15) is 0 Å². The van der Waals surface area contributed by atoms with Crippen molar-refractivity contribution in [1.82, 2.24) is 0 Å². The second kappa shape index (κ2) is 25.7. The Balaban J connectivity index is 4.15. The van der Waals surface area contributed by atoms with Crippen LogP contribution < -0.4 is 0 Å². The van der Waals surface area contributed by atoms with Crippen molar-refractivity contribution in [2.24, 2.45) is 11.8 Å². The molecule has 230 valence electrons. The molecule has 38 heavy (non-hydrogen) atoms. The van der Waals surface area contributed by atoms with Gasteiger partial charge in [-0.2, -0.15) is 0 Å². The fourth-order valence-corrected chi connectivity index (χ4v) is 5.65. The summed E-state index contributed by atoms with van der Waals surface area (Å²) in [6.45, 7) is 5.03. The summed E-state index contributed by atoms with van der Waals surface area (Å²) < 4.78 is 28.7. The molecule has 0 saturated heterocycles. The normalized spacial score (nSPS) is 15.5. The van der Waals surface area contributed by atoms with Crippen molar-refractivity contribution in [3.63, 3.8) is 0 Å². The fraction of sp³-hybridized carbons (Fsp3) is 1.00. The van der Waals surface area contributed by atoms with E-state index >= 15 is 0 Å². The van der Waals surface area contributed by atoms with Crippen LogP contribution >= 0.6 is 0 Å². The van der Waals surface area contributed by atoms with Crippen molar-refractivity contribution in [2.45, 2.75) is 193 Å². The van der Waals surface area contributed by atoms with Crippen LogP contribution in [-0.4, -0.2) is 40.1 Å². The number of hydrogen-bond acceptors (Lipinski definition) is 3. The molecule has 0 heterocycles. The Morgan fingerprint density at radius 2 is 0.895 bits per heavy atom. The van der Waals surface area contributed by atoms with Gasteiger partial charge in [-0.25, -0.2) is 8.78 Å². The molecule has 0 aromatic rings. The molecule has 4 atom stereocenters. The summed E-state index contributed by atoms with van der Waals surface area (Å²) in [5, 5.41) is 31.0. The van der Waals surface area contributed by atoms with Crippen LogP contribution in [-0.2, 0) is 0 Å². The summed E-state index contributed by atoms with van der Waals surface area (Å²) in [4.78, 5) is 0. The highest BCUT2D eigenvalue weighted by Crippen LogP contribution is 2.35. The van der Waals surface area contributed by atoms with E-state index in [2.05, 4.69) is 13.8 Å². The van der Waals surface area contributed by atoms with Crippen LogP contribution in [0.4, 0.5) is 8.78 Å². The summed E-state index contributed by atoms with van der Waals surface area (Å²) in [6, 6.07) is 0. The molecule has 0 aliphatic carbocycles. The first-order chi connectivity index (χ1) is 18.3. The maximum absolute atomic E-state index is 14.3. The van der Waals surface area contributed by atoms with E-state index in [1.54, 1.807) is 0 Å². The summed E-state index contributed by atoms with van der Waals surface area (Å²) in [5.41, 5.74) is 0.